The van der Waals surface area contributed by atoms with Gasteiger partial charge in [0.25, 0.3) is 0 Å². The van der Waals surface area contributed by atoms with Gasteiger partial charge >= 0.3 is 6.18 Å². The van der Waals surface area contributed by atoms with Gasteiger partial charge in [0.15, 0.2) is 11.6 Å². The third-order valence-electron chi connectivity index (χ3n) is 4.22. The Balaban J connectivity index is 0.000000232. The molecule has 0 amide bonds. The first-order chi connectivity index (χ1) is 14.1. The molecule has 0 spiro atoms. The molecule has 0 fully saturated rings. The Labute approximate surface area is 173 Å². The fourth-order valence-electron chi connectivity index (χ4n) is 2.58. The van der Waals surface area contributed by atoms with E-state index < -0.39 is 23.4 Å². The number of thiophene rings is 1. The largest absolute Gasteiger partial charge is 0.416 e. The average Bonchev–Trinajstić information content (AvgIpc) is 3.15. The van der Waals surface area contributed by atoms with E-state index in [1.807, 2.05) is 0 Å². The second-order valence-corrected chi connectivity index (χ2v) is 7.04. The summed E-state index contributed by atoms with van der Waals surface area (Å²) in [5, 5.41) is 14.7. The van der Waals surface area contributed by atoms with Crippen LogP contribution in [-0.4, -0.2) is 18.4 Å². The molecule has 2 aromatic carbocycles. The Bertz CT molecular complexity index is 1010. The van der Waals surface area contributed by atoms with Crippen LogP contribution in [0.4, 0.5) is 27.0 Å². The van der Waals surface area contributed by atoms with E-state index in [4.69, 9.17) is 0 Å². The van der Waals surface area contributed by atoms with Gasteiger partial charge in [0.05, 0.1) is 17.2 Å². The van der Waals surface area contributed by atoms with Gasteiger partial charge in [0, 0.05) is 34.7 Å². The van der Waals surface area contributed by atoms with Gasteiger partial charge in [-0.3, -0.25) is 4.79 Å². The topological polar surface area (TPSA) is 49.3 Å². The van der Waals surface area contributed by atoms with Gasteiger partial charge in [-0.05, 0) is 24.6 Å². The highest BCUT2D eigenvalue weighted by Crippen LogP contribution is 2.37. The highest BCUT2D eigenvalue weighted by Gasteiger charge is 2.29. The van der Waals surface area contributed by atoms with Gasteiger partial charge < -0.3 is 10.4 Å². The van der Waals surface area contributed by atoms with E-state index in [9.17, 15) is 31.9 Å². The standard InChI is InChI=1S/C13H13F2NOS.C8H5F3O/c1-7-3-4-8(12(15)11(7)14)10-6-18-13(16-2)9(10)5-17;9-8(10,11)7-3-1-6(5-12)2-4-7/h3-4,6,16-17H,5H2,1-2H3;1-5H. The van der Waals surface area contributed by atoms with Crippen LogP contribution in [0.2, 0.25) is 0 Å². The zero-order valence-electron chi connectivity index (χ0n) is 16.0. The SMILES string of the molecule is CNc1scc(-c2ccc(C)c(F)c2F)c1CO.O=Cc1ccc(C(F)(F)F)cc1. The second kappa shape index (κ2) is 9.82. The number of carbonyl (C=O) groups excluding carboxylic acids is 1. The molecule has 0 radical (unpaired) electrons. The quantitative estimate of drug-likeness (QED) is 0.381. The van der Waals surface area contributed by atoms with Crippen LogP contribution in [0.15, 0.2) is 41.8 Å². The van der Waals surface area contributed by atoms with Gasteiger partial charge in [-0.2, -0.15) is 13.2 Å². The fraction of sp³-hybridized carbons (Fsp3) is 0.190. The number of nitrogens with one attached hydrogen (secondary N) is 1. The molecule has 3 aromatic rings. The lowest BCUT2D eigenvalue weighted by molar-refractivity contribution is -0.137. The monoisotopic (exact) mass is 443 g/mol. The molecule has 0 aliphatic heterocycles. The lowest BCUT2D eigenvalue weighted by atomic mass is 10.0. The molecule has 0 aliphatic carbocycles. The number of aliphatic hydroxyl groups excluding tert-OH is 1. The number of benzene rings is 2. The molecule has 1 heterocycles. The molecule has 0 saturated heterocycles. The molecular weight excluding hydrogens is 425 g/mol. The van der Waals surface area contributed by atoms with Crippen molar-refractivity contribution < 1.29 is 31.9 Å². The highest BCUT2D eigenvalue weighted by atomic mass is 32.1. The Morgan fingerprint density at radius 2 is 1.67 bits per heavy atom. The molecule has 0 atom stereocenters. The average molecular weight is 443 g/mol. The summed E-state index contributed by atoms with van der Waals surface area (Å²) in [5.41, 5.74) is 1.06. The fourth-order valence-corrected chi connectivity index (χ4v) is 3.52. The maximum Gasteiger partial charge on any atom is 0.416 e. The van der Waals surface area contributed by atoms with Crippen molar-refractivity contribution in [2.75, 3.05) is 12.4 Å². The van der Waals surface area contributed by atoms with Crippen LogP contribution >= 0.6 is 11.3 Å². The molecule has 3 rings (SSSR count). The molecule has 30 heavy (non-hydrogen) atoms. The Morgan fingerprint density at radius 1 is 1.03 bits per heavy atom. The number of halogens is 5. The summed E-state index contributed by atoms with van der Waals surface area (Å²) in [4.78, 5) is 10.1. The number of rotatable bonds is 4. The van der Waals surface area contributed by atoms with Crippen LogP contribution in [0.5, 0.6) is 0 Å². The minimum atomic E-state index is -4.33. The van der Waals surface area contributed by atoms with Crippen molar-refractivity contribution >= 4 is 22.6 Å². The third-order valence-corrected chi connectivity index (χ3v) is 5.26. The van der Waals surface area contributed by atoms with E-state index in [1.165, 1.54) is 30.4 Å². The van der Waals surface area contributed by atoms with E-state index in [2.05, 4.69) is 5.32 Å². The number of aryl methyl sites for hydroxylation is 1. The molecule has 0 aliphatic rings. The van der Waals surface area contributed by atoms with Crippen molar-refractivity contribution in [2.24, 2.45) is 0 Å². The summed E-state index contributed by atoms with van der Waals surface area (Å²) in [6, 6.07) is 7.10. The van der Waals surface area contributed by atoms with Crippen molar-refractivity contribution in [1.29, 1.82) is 0 Å². The number of alkyl halides is 3. The van der Waals surface area contributed by atoms with Crippen molar-refractivity contribution in [3.8, 4) is 11.1 Å². The molecule has 3 nitrogen and oxygen atoms in total. The van der Waals surface area contributed by atoms with Crippen LogP contribution in [0, 0.1) is 18.6 Å². The first-order valence-corrected chi connectivity index (χ1v) is 9.48. The van der Waals surface area contributed by atoms with Gasteiger partial charge in [-0.25, -0.2) is 8.78 Å². The molecule has 0 saturated carbocycles. The van der Waals surface area contributed by atoms with Crippen molar-refractivity contribution in [3.05, 3.63) is 75.7 Å². The van der Waals surface area contributed by atoms with Crippen LogP contribution in [0.3, 0.4) is 0 Å². The summed E-state index contributed by atoms with van der Waals surface area (Å²) < 4.78 is 63.3. The van der Waals surface area contributed by atoms with Crippen molar-refractivity contribution in [3.63, 3.8) is 0 Å². The molecular formula is C21H18F5NO2S. The number of aldehydes is 1. The Hall–Kier alpha value is -2.78. The van der Waals surface area contributed by atoms with Crippen LogP contribution in [0.1, 0.15) is 27.0 Å². The van der Waals surface area contributed by atoms with E-state index in [0.29, 0.717) is 17.4 Å². The van der Waals surface area contributed by atoms with E-state index in [1.54, 1.807) is 12.4 Å². The minimum absolute atomic E-state index is 0.180. The molecule has 160 valence electrons. The number of anilines is 1. The number of aliphatic hydroxyl groups is 1. The van der Waals surface area contributed by atoms with Crippen LogP contribution in [-0.2, 0) is 12.8 Å². The maximum atomic E-state index is 13.9. The predicted octanol–water partition coefficient (Wildman–Crippen LogP) is 6.05. The van der Waals surface area contributed by atoms with E-state index in [-0.39, 0.29) is 23.3 Å². The van der Waals surface area contributed by atoms with E-state index in [0.717, 1.165) is 29.3 Å². The van der Waals surface area contributed by atoms with Gasteiger partial charge in [0.2, 0.25) is 0 Å². The first kappa shape index (κ1) is 23.5. The summed E-state index contributed by atoms with van der Waals surface area (Å²) in [7, 11) is 1.72. The molecule has 0 bridgehead atoms. The third kappa shape index (κ3) is 5.22. The molecule has 9 heteroatoms. The smallest absolute Gasteiger partial charge is 0.392 e. The van der Waals surface area contributed by atoms with Gasteiger partial charge in [-0.1, -0.05) is 24.3 Å². The predicted molar refractivity (Wildman–Crippen MR) is 107 cm³/mol. The highest BCUT2D eigenvalue weighted by molar-refractivity contribution is 7.14. The van der Waals surface area contributed by atoms with Crippen molar-refractivity contribution in [2.45, 2.75) is 19.7 Å². The molecule has 0 unspecified atom stereocenters. The van der Waals surface area contributed by atoms with Gasteiger partial charge in [0.1, 0.15) is 6.29 Å². The summed E-state index contributed by atoms with van der Waals surface area (Å²) >= 11 is 1.35. The molecule has 2 N–H and O–H groups in total. The number of carbonyl (C=O) groups is 1. The molecule has 1 aromatic heterocycles. The van der Waals surface area contributed by atoms with Crippen LogP contribution in [0.25, 0.3) is 11.1 Å². The lowest BCUT2D eigenvalue weighted by Crippen LogP contribution is -2.04. The Kier molecular flexibility index (Phi) is 7.69. The normalized spacial score (nSPS) is 10.9. The minimum Gasteiger partial charge on any atom is -0.392 e. The van der Waals surface area contributed by atoms with Crippen molar-refractivity contribution in [1.82, 2.24) is 0 Å². The summed E-state index contributed by atoms with van der Waals surface area (Å²) in [6.45, 7) is 1.30. The maximum absolute atomic E-state index is 13.9. The Morgan fingerprint density at radius 3 is 2.17 bits per heavy atom. The van der Waals surface area contributed by atoms with Gasteiger partial charge in [-0.15, -0.1) is 11.3 Å². The lowest BCUT2D eigenvalue weighted by Gasteiger charge is -2.07. The first-order valence-electron chi connectivity index (χ1n) is 8.60. The summed E-state index contributed by atoms with van der Waals surface area (Å²) in [5.74, 6) is -1.71. The van der Waals surface area contributed by atoms with E-state index >= 15 is 0 Å². The number of hydrogen-bond acceptors (Lipinski definition) is 4. The van der Waals surface area contributed by atoms with Crippen LogP contribution < -0.4 is 5.32 Å². The number of hydrogen-bond donors (Lipinski definition) is 2. The zero-order valence-corrected chi connectivity index (χ0v) is 16.8. The zero-order chi connectivity index (χ0) is 22.5. The second-order valence-electron chi connectivity index (χ2n) is 6.16. The summed E-state index contributed by atoms with van der Waals surface area (Å²) in [6.07, 6.45) is -3.83.